The molecule has 4 rings (SSSR count). The number of rotatable bonds is 10. The number of carbonyl (C=O) groups excluding carboxylic acids is 1. The van der Waals surface area contributed by atoms with E-state index >= 15 is 0 Å². The third kappa shape index (κ3) is 7.41. The highest BCUT2D eigenvalue weighted by Gasteiger charge is 2.20. The standard InChI is InChI=1S/C27H37ClN4O2/c1-21(33)32-16-10-22(11-17-32)5-7-24-9-12-29-27(30-24)20-23-6-8-25(28)26(19-23)34-18-4-15-31-13-2-3-14-31/h6,8-9,12,19,22H,2-5,7,10-11,13-18,20H2,1H3. The maximum Gasteiger partial charge on any atom is 0.219 e. The Morgan fingerprint density at radius 1 is 1.15 bits per heavy atom. The molecule has 0 aliphatic carbocycles. The molecular weight excluding hydrogens is 448 g/mol. The largest absolute Gasteiger partial charge is 0.492 e. The lowest BCUT2D eigenvalue weighted by Crippen LogP contribution is -2.37. The molecule has 0 saturated carbocycles. The second-order valence-corrected chi connectivity index (χ2v) is 10.1. The zero-order valence-electron chi connectivity index (χ0n) is 20.3. The van der Waals surface area contributed by atoms with Crippen LogP contribution in [0.3, 0.4) is 0 Å². The van der Waals surface area contributed by atoms with Gasteiger partial charge in [0.2, 0.25) is 5.91 Å². The number of piperidine rings is 1. The molecule has 34 heavy (non-hydrogen) atoms. The first-order valence-electron chi connectivity index (χ1n) is 12.8. The second kappa shape index (κ2) is 12.5. The van der Waals surface area contributed by atoms with Gasteiger partial charge < -0.3 is 14.5 Å². The Hall–Kier alpha value is -2.18. The van der Waals surface area contributed by atoms with Crippen LogP contribution < -0.4 is 4.74 Å². The SMILES string of the molecule is CC(=O)N1CCC(CCc2ccnc(Cc3ccc(Cl)c(OCCCN4CCCC4)c3)n2)CC1. The Labute approximate surface area is 208 Å². The second-order valence-electron chi connectivity index (χ2n) is 9.64. The molecule has 2 aliphatic heterocycles. The first-order chi connectivity index (χ1) is 16.6. The molecule has 184 valence electrons. The van der Waals surface area contributed by atoms with Gasteiger partial charge >= 0.3 is 0 Å². The summed E-state index contributed by atoms with van der Waals surface area (Å²) in [5.74, 6) is 2.42. The van der Waals surface area contributed by atoms with Gasteiger partial charge in [-0.2, -0.15) is 0 Å². The maximum absolute atomic E-state index is 11.5. The van der Waals surface area contributed by atoms with Gasteiger partial charge in [0.05, 0.1) is 11.6 Å². The maximum atomic E-state index is 11.5. The summed E-state index contributed by atoms with van der Waals surface area (Å²) in [5, 5.41) is 0.649. The van der Waals surface area contributed by atoms with Gasteiger partial charge in [-0.1, -0.05) is 17.7 Å². The van der Waals surface area contributed by atoms with Crippen LogP contribution in [-0.4, -0.2) is 65.0 Å². The molecule has 6 nitrogen and oxygen atoms in total. The van der Waals surface area contributed by atoms with E-state index in [0.717, 1.165) is 74.6 Å². The molecule has 0 bridgehead atoms. The normalized spacial score (nSPS) is 17.3. The fraction of sp³-hybridized carbons (Fsp3) is 0.593. The average Bonchev–Trinajstić information content (AvgIpc) is 3.36. The number of aryl methyl sites for hydroxylation is 1. The quantitative estimate of drug-likeness (QED) is 0.454. The Bertz CT molecular complexity index is 940. The molecule has 2 aliphatic rings. The molecule has 2 saturated heterocycles. The Balaban J connectivity index is 1.26. The molecule has 0 spiro atoms. The summed E-state index contributed by atoms with van der Waals surface area (Å²) in [6, 6.07) is 7.98. The van der Waals surface area contributed by atoms with Crippen molar-refractivity contribution in [1.82, 2.24) is 19.8 Å². The molecule has 0 N–H and O–H groups in total. The van der Waals surface area contributed by atoms with Gasteiger partial charge in [0.25, 0.3) is 0 Å². The van der Waals surface area contributed by atoms with Crippen molar-refractivity contribution >= 4 is 17.5 Å². The fourth-order valence-electron chi connectivity index (χ4n) is 4.98. The van der Waals surface area contributed by atoms with Crippen LogP contribution >= 0.6 is 11.6 Å². The Kier molecular flexibility index (Phi) is 9.17. The summed E-state index contributed by atoms with van der Waals surface area (Å²) >= 11 is 6.38. The molecule has 1 amide bonds. The van der Waals surface area contributed by atoms with E-state index in [1.165, 1.54) is 25.9 Å². The van der Waals surface area contributed by atoms with Crippen molar-refractivity contribution in [2.24, 2.45) is 5.92 Å². The van der Waals surface area contributed by atoms with Gasteiger partial charge in [0.15, 0.2) is 0 Å². The zero-order chi connectivity index (χ0) is 23.8. The molecule has 0 atom stereocenters. The number of carbonyl (C=O) groups is 1. The third-order valence-electron chi connectivity index (χ3n) is 7.06. The van der Waals surface area contributed by atoms with E-state index in [9.17, 15) is 4.79 Å². The summed E-state index contributed by atoms with van der Waals surface area (Å²) in [6.45, 7) is 7.63. The van der Waals surface area contributed by atoms with Crippen LogP contribution in [0.4, 0.5) is 0 Å². The lowest BCUT2D eigenvalue weighted by Gasteiger charge is -2.31. The van der Waals surface area contributed by atoms with Crippen molar-refractivity contribution in [2.75, 3.05) is 39.3 Å². The van der Waals surface area contributed by atoms with E-state index in [1.807, 2.05) is 35.4 Å². The number of nitrogens with zero attached hydrogens (tertiary/aromatic N) is 4. The lowest BCUT2D eigenvalue weighted by atomic mass is 9.91. The number of hydrogen-bond donors (Lipinski definition) is 0. The Morgan fingerprint density at radius 2 is 1.94 bits per heavy atom. The third-order valence-corrected chi connectivity index (χ3v) is 7.38. The predicted molar refractivity (Wildman–Crippen MR) is 135 cm³/mol. The fourth-order valence-corrected chi connectivity index (χ4v) is 5.15. The van der Waals surface area contributed by atoms with E-state index in [1.54, 1.807) is 6.92 Å². The highest BCUT2D eigenvalue weighted by Crippen LogP contribution is 2.27. The van der Waals surface area contributed by atoms with Crippen molar-refractivity contribution in [3.05, 3.63) is 52.6 Å². The summed E-state index contributed by atoms with van der Waals surface area (Å²) in [6.07, 6.45) is 10.4. The van der Waals surface area contributed by atoms with Gasteiger partial charge in [0.1, 0.15) is 11.6 Å². The number of benzene rings is 1. The predicted octanol–water partition coefficient (Wildman–Crippen LogP) is 4.78. The molecular formula is C27H37ClN4O2. The summed E-state index contributed by atoms with van der Waals surface area (Å²) in [7, 11) is 0. The van der Waals surface area contributed by atoms with Crippen LogP contribution in [0, 0.1) is 5.92 Å². The molecule has 1 aromatic carbocycles. The summed E-state index contributed by atoms with van der Waals surface area (Å²) < 4.78 is 6.00. The van der Waals surface area contributed by atoms with E-state index in [-0.39, 0.29) is 5.91 Å². The van der Waals surface area contributed by atoms with Crippen molar-refractivity contribution < 1.29 is 9.53 Å². The first kappa shape index (κ1) is 24.9. The van der Waals surface area contributed by atoms with Crippen LogP contribution in [0.1, 0.15) is 62.5 Å². The van der Waals surface area contributed by atoms with Gasteiger partial charge in [-0.05, 0) is 87.7 Å². The minimum absolute atomic E-state index is 0.191. The highest BCUT2D eigenvalue weighted by molar-refractivity contribution is 6.32. The molecule has 0 radical (unpaired) electrons. The van der Waals surface area contributed by atoms with Crippen molar-refractivity contribution in [2.45, 2.75) is 58.3 Å². The Morgan fingerprint density at radius 3 is 2.71 bits per heavy atom. The minimum Gasteiger partial charge on any atom is -0.492 e. The van der Waals surface area contributed by atoms with Gasteiger partial charge in [-0.25, -0.2) is 9.97 Å². The number of halogens is 1. The smallest absolute Gasteiger partial charge is 0.219 e. The molecule has 3 heterocycles. The van der Waals surface area contributed by atoms with Crippen molar-refractivity contribution in [1.29, 1.82) is 0 Å². The summed E-state index contributed by atoms with van der Waals surface area (Å²) in [5.41, 5.74) is 2.19. The zero-order valence-corrected chi connectivity index (χ0v) is 21.1. The average molecular weight is 485 g/mol. The molecule has 7 heteroatoms. The topological polar surface area (TPSA) is 58.6 Å². The highest BCUT2D eigenvalue weighted by atomic mass is 35.5. The number of amides is 1. The lowest BCUT2D eigenvalue weighted by molar-refractivity contribution is -0.130. The number of hydrogen-bond acceptors (Lipinski definition) is 5. The van der Waals surface area contributed by atoms with Crippen LogP contribution in [-0.2, 0) is 17.6 Å². The van der Waals surface area contributed by atoms with Crippen molar-refractivity contribution in [3.8, 4) is 5.75 Å². The van der Waals surface area contributed by atoms with Crippen LogP contribution in [0.2, 0.25) is 5.02 Å². The van der Waals surface area contributed by atoms with E-state index in [0.29, 0.717) is 24.0 Å². The van der Waals surface area contributed by atoms with Gasteiger partial charge in [-0.15, -0.1) is 0 Å². The molecule has 1 aromatic heterocycles. The summed E-state index contributed by atoms with van der Waals surface area (Å²) in [4.78, 5) is 25.3. The van der Waals surface area contributed by atoms with E-state index in [4.69, 9.17) is 21.3 Å². The van der Waals surface area contributed by atoms with E-state index in [2.05, 4.69) is 9.88 Å². The van der Waals surface area contributed by atoms with Gasteiger partial charge in [-0.3, -0.25) is 4.79 Å². The van der Waals surface area contributed by atoms with Gasteiger partial charge in [0, 0.05) is 44.9 Å². The van der Waals surface area contributed by atoms with Crippen LogP contribution in [0.25, 0.3) is 0 Å². The molecule has 0 unspecified atom stereocenters. The number of aromatic nitrogens is 2. The van der Waals surface area contributed by atoms with Crippen LogP contribution in [0.15, 0.2) is 30.5 Å². The molecule has 2 fully saturated rings. The van der Waals surface area contributed by atoms with E-state index < -0.39 is 0 Å². The number of ether oxygens (including phenoxy) is 1. The minimum atomic E-state index is 0.191. The van der Waals surface area contributed by atoms with Crippen LogP contribution in [0.5, 0.6) is 5.75 Å². The molecule has 2 aromatic rings. The number of likely N-dealkylation sites (tertiary alicyclic amines) is 2. The first-order valence-corrected chi connectivity index (χ1v) is 13.1. The van der Waals surface area contributed by atoms with Crippen molar-refractivity contribution in [3.63, 3.8) is 0 Å². The monoisotopic (exact) mass is 484 g/mol.